The van der Waals surface area contributed by atoms with Gasteiger partial charge >= 0.3 is 6.03 Å². The Bertz CT molecular complexity index is 691. The van der Waals surface area contributed by atoms with E-state index in [1.165, 1.54) is 12.0 Å². The Balaban J connectivity index is 1.33. The fourth-order valence-electron chi connectivity index (χ4n) is 3.27. The van der Waals surface area contributed by atoms with Crippen molar-refractivity contribution in [2.24, 2.45) is 5.92 Å². The van der Waals surface area contributed by atoms with E-state index in [4.69, 9.17) is 4.74 Å². The number of nitrogens with zero attached hydrogens (tertiary/aromatic N) is 2. The number of nitrogens with one attached hydrogen (secondary N) is 2. The first kappa shape index (κ1) is 18.2. The molecule has 0 bridgehead atoms. The molecule has 0 spiro atoms. The van der Waals surface area contributed by atoms with E-state index < -0.39 is 0 Å². The molecular formula is C20H26N4O2. The third kappa shape index (κ3) is 5.46. The fraction of sp³-hybridized carbons (Fsp3) is 0.400. The molecule has 0 unspecified atom stereocenters. The lowest BCUT2D eigenvalue weighted by Gasteiger charge is -2.16. The molecule has 1 aromatic carbocycles. The first-order valence-electron chi connectivity index (χ1n) is 9.04. The minimum Gasteiger partial charge on any atom is -0.481 e. The Labute approximate surface area is 154 Å². The molecule has 3 rings (SSSR count). The summed E-state index contributed by atoms with van der Waals surface area (Å²) in [4.78, 5) is 18.5. The topological polar surface area (TPSA) is 66.5 Å². The molecule has 138 valence electrons. The summed E-state index contributed by atoms with van der Waals surface area (Å²) in [5, 5.41) is 5.71. The number of urea groups is 1. The first-order valence-corrected chi connectivity index (χ1v) is 9.04. The van der Waals surface area contributed by atoms with Gasteiger partial charge < -0.3 is 15.4 Å². The number of carbonyl (C=O) groups excluding carboxylic acids is 1. The quantitative estimate of drug-likeness (QED) is 0.802. The Morgan fingerprint density at radius 2 is 2.12 bits per heavy atom. The number of hydrogen-bond acceptors (Lipinski definition) is 4. The number of ether oxygens (including phenoxy) is 1. The monoisotopic (exact) mass is 354 g/mol. The number of rotatable bonds is 7. The van der Waals surface area contributed by atoms with Crippen molar-refractivity contribution in [1.29, 1.82) is 0 Å². The molecule has 2 N–H and O–H groups in total. The number of anilines is 1. The average molecular weight is 354 g/mol. The third-order valence-corrected chi connectivity index (χ3v) is 4.66. The highest BCUT2D eigenvalue weighted by molar-refractivity contribution is 5.88. The molecule has 2 heterocycles. The molecule has 1 aromatic heterocycles. The maximum atomic E-state index is 12.0. The molecule has 1 fully saturated rings. The summed E-state index contributed by atoms with van der Waals surface area (Å²) in [6.07, 6.45) is 3.77. The normalized spacial score (nSPS) is 17.0. The van der Waals surface area contributed by atoms with Crippen LogP contribution in [0.2, 0.25) is 0 Å². The van der Waals surface area contributed by atoms with E-state index in [-0.39, 0.29) is 6.03 Å². The smallest absolute Gasteiger partial charge is 0.319 e. The van der Waals surface area contributed by atoms with Crippen molar-refractivity contribution in [3.63, 3.8) is 0 Å². The minimum absolute atomic E-state index is 0.198. The van der Waals surface area contributed by atoms with Crippen LogP contribution in [0.15, 0.2) is 48.7 Å². The van der Waals surface area contributed by atoms with Crippen molar-refractivity contribution < 1.29 is 9.53 Å². The van der Waals surface area contributed by atoms with E-state index in [2.05, 4.69) is 50.8 Å². The number of hydrogen-bond donors (Lipinski definition) is 2. The fourth-order valence-corrected chi connectivity index (χ4v) is 3.27. The largest absolute Gasteiger partial charge is 0.481 e. The maximum absolute atomic E-state index is 12.0. The van der Waals surface area contributed by atoms with E-state index in [1.54, 1.807) is 25.4 Å². The van der Waals surface area contributed by atoms with Gasteiger partial charge in [0, 0.05) is 25.7 Å². The predicted molar refractivity (Wildman–Crippen MR) is 102 cm³/mol. The molecule has 2 amide bonds. The zero-order valence-electron chi connectivity index (χ0n) is 15.1. The standard InChI is InChI=1S/C20H26N4O2/c1-26-19-8-7-18(13-22-19)23-20(25)21-11-9-17-10-12-24(15-17)14-16-5-3-2-4-6-16/h2-8,13,17H,9-12,14-15H2,1H3,(H2,21,23,25)/t17-/m1/s1. The number of amides is 2. The second-order valence-electron chi connectivity index (χ2n) is 6.63. The third-order valence-electron chi connectivity index (χ3n) is 4.66. The summed E-state index contributed by atoms with van der Waals surface area (Å²) in [7, 11) is 1.56. The second-order valence-corrected chi connectivity index (χ2v) is 6.63. The lowest BCUT2D eigenvalue weighted by atomic mass is 10.1. The molecule has 26 heavy (non-hydrogen) atoms. The van der Waals surface area contributed by atoms with Gasteiger partial charge in [-0.15, -0.1) is 0 Å². The Hall–Kier alpha value is -2.60. The van der Waals surface area contributed by atoms with E-state index in [9.17, 15) is 4.79 Å². The minimum atomic E-state index is -0.198. The second kappa shape index (κ2) is 9.20. The Morgan fingerprint density at radius 1 is 1.27 bits per heavy atom. The van der Waals surface area contributed by atoms with Crippen LogP contribution in [0.5, 0.6) is 5.88 Å². The summed E-state index contributed by atoms with van der Waals surface area (Å²) in [6.45, 7) is 3.92. The van der Waals surface area contributed by atoms with Crippen LogP contribution in [-0.4, -0.2) is 42.7 Å². The Morgan fingerprint density at radius 3 is 2.85 bits per heavy atom. The van der Waals surface area contributed by atoms with Crippen LogP contribution in [0.25, 0.3) is 0 Å². The number of aromatic nitrogens is 1. The molecule has 1 aliphatic heterocycles. The van der Waals surface area contributed by atoms with Gasteiger partial charge in [-0.25, -0.2) is 9.78 Å². The van der Waals surface area contributed by atoms with Gasteiger partial charge in [0.25, 0.3) is 0 Å². The van der Waals surface area contributed by atoms with Crippen molar-refractivity contribution in [3.8, 4) is 5.88 Å². The lowest BCUT2D eigenvalue weighted by Crippen LogP contribution is -2.31. The highest BCUT2D eigenvalue weighted by Gasteiger charge is 2.22. The van der Waals surface area contributed by atoms with Crippen LogP contribution in [0, 0.1) is 5.92 Å². The predicted octanol–water partition coefficient (Wildman–Crippen LogP) is 3.12. The summed E-state index contributed by atoms with van der Waals surface area (Å²) >= 11 is 0. The zero-order chi connectivity index (χ0) is 18.2. The highest BCUT2D eigenvalue weighted by atomic mass is 16.5. The van der Waals surface area contributed by atoms with E-state index in [0.29, 0.717) is 24.0 Å². The van der Waals surface area contributed by atoms with Crippen LogP contribution < -0.4 is 15.4 Å². The van der Waals surface area contributed by atoms with Crippen molar-refractivity contribution >= 4 is 11.7 Å². The van der Waals surface area contributed by atoms with Gasteiger partial charge in [-0.3, -0.25) is 4.90 Å². The van der Waals surface area contributed by atoms with Crippen molar-refractivity contribution in [2.75, 3.05) is 32.1 Å². The van der Waals surface area contributed by atoms with Crippen molar-refractivity contribution in [3.05, 3.63) is 54.2 Å². The van der Waals surface area contributed by atoms with Gasteiger partial charge in [0.1, 0.15) is 0 Å². The number of benzene rings is 1. The SMILES string of the molecule is COc1ccc(NC(=O)NCC[C@@H]2CCN(Cc3ccccc3)C2)cn1. The van der Waals surface area contributed by atoms with E-state index in [0.717, 1.165) is 26.1 Å². The molecule has 6 nitrogen and oxygen atoms in total. The molecule has 0 radical (unpaired) electrons. The van der Waals surface area contributed by atoms with Crippen LogP contribution >= 0.6 is 0 Å². The molecule has 1 atom stereocenters. The van der Waals surface area contributed by atoms with Crippen molar-refractivity contribution in [1.82, 2.24) is 15.2 Å². The highest BCUT2D eigenvalue weighted by Crippen LogP contribution is 2.21. The van der Waals surface area contributed by atoms with Crippen LogP contribution in [0.1, 0.15) is 18.4 Å². The van der Waals surface area contributed by atoms with E-state index in [1.807, 2.05) is 0 Å². The maximum Gasteiger partial charge on any atom is 0.319 e. The first-order chi connectivity index (χ1) is 12.7. The molecular weight excluding hydrogens is 328 g/mol. The molecule has 6 heteroatoms. The molecule has 0 saturated carbocycles. The molecule has 2 aromatic rings. The average Bonchev–Trinajstić information content (AvgIpc) is 3.10. The molecule has 0 aliphatic carbocycles. The van der Waals surface area contributed by atoms with Gasteiger partial charge in [0.2, 0.25) is 5.88 Å². The van der Waals surface area contributed by atoms with Crippen LogP contribution in [0.4, 0.5) is 10.5 Å². The van der Waals surface area contributed by atoms with Gasteiger partial charge in [0.15, 0.2) is 0 Å². The van der Waals surface area contributed by atoms with Gasteiger partial charge in [-0.2, -0.15) is 0 Å². The van der Waals surface area contributed by atoms with Crippen molar-refractivity contribution in [2.45, 2.75) is 19.4 Å². The van der Waals surface area contributed by atoms with Gasteiger partial charge in [-0.05, 0) is 36.9 Å². The Kier molecular flexibility index (Phi) is 6.44. The van der Waals surface area contributed by atoms with Crippen LogP contribution in [0.3, 0.4) is 0 Å². The van der Waals surface area contributed by atoms with Gasteiger partial charge in [-0.1, -0.05) is 30.3 Å². The lowest BCUT2D eigenvalue weighted by molar-refractivity contribution is 0.251. The molecule has 1 aliphatic rings. The summed E-state index contributed by atoms with van der Waals surface area (Å²) in [5.41, 5.74) is 2.01. The summed E-state index contributed by atoms with van der Waals surface area (Å²) < 4.78 is 5.00. The van der Waals surface area contributed by atoms with E-state index >= 15 is 0 Å². The number of pyridine rings is 1. The van der Waals surface area contributed by atoms with Gasteiger partial charge in [0.05, 0.1) is 19.0 Å². The number of methoxy groups -OCH3 is 1. The van der Waals surface area contributed by atoms with Crippen LogP contribution in [-0.2, 0) is 6.54 Å². The molecule has 1 saturated heterocycles. The zero-order valence-corrected chi connectivity index (χ0v) is 15.1. The summed E-state index contributed by atoms with van der Waals surface area (Å²) in [6, 6.07) is 13.9. The number of likely N-dealkylation sites (tertiary alicyclic amines) is 1. The number of carbonyl (C=O) groups is 1. The summed E-state index contributed by atoms with van der Waals surface area (Å²) in [5.74, 6) is 1.17.